The van der Waals surface area contributed by atoms with E-state index in [4.69, 9.17) is 34.8 Å². The van der Waals surface area contributed by atoms with Crippen molar-refractivity contribution in [2.45, 2.75) is 16.0 Å². The number of para-hydroxylation sites is 2. The molecule has 30 heavy (non-hydrogen) atoms. The molecule has 1 aliphatic heterocycles. The number of hydrogen-bond acceptors (Lipinski definition) is 6. The zero-order valence-electron chi connectivity index (χ0n) is 15.3. The summed E-state index contributed by atoms with van der Waals surface area (Å²) < 4.78 is -0.693. The van der Waals surface area contributed by atoms with E-state index in [0.29, 0.717) is 24.8 Å². The standard InChI is InChI=1S/C10H7N3S.C9H8Cl3NO2S/c1-2-4-8-7(3-1)12-10(13-8)9-5-14-6-11-9;10-9(11,12)16-13-7(14)5-3-1-2-4-6(5)8(13)15/h1-6H,(H,12,13);1-2,5-6H,3-4H2. The van der Waals surface area contributed by atoms with Crippen molar-refractivity contribution in [2.24, 2.45) is 11.8 Å². The van der Waals surface area contributed by atoms with Gasteiger partial charge < -0.3 is 4.98 Å². The molecule has 2 amide bonds. The largest absolute Gasteiger partial charge is 0.337 e. The van der Waals surface area contributed by atoms with Gasteiger partial charge in [0, 0.05) is 17.3 Å². The number of aromatic amines is 1. The molecule has 1 N–H and O–H groups in total. The van der Waals surface area contributed by atoms with Gasteiger partial charge in [-0.3, -0.25) is 9.59 Å². The highest BCUT2D eigenvalue weighted by Gasteiger charge is 2.49. The van der Waals surface area contributed by atoms with Crippen molar-refractivity contribution < 1.29 is 9.59 Å². The van der Waals surface area contributed by atoms with Crippen molar-refractivity contribution >= 4 is 80.9 Å². The number of carbonyl (C=O) groups is 2. The van der Waals surface area contributed by atoms with Crippen LogP contribution < -0.4 is 0 Å². The molecular weight excluding hydrogens is 487 g/mol. The molecule has 1 saturated heterocycles. The molecule has 2 atom stereocenters. The lowest BCUT2D eigenvalue weighted by Gasteiger charge is -2.17. The van der Waals surface area contributed by atoms with E-state index in [9.17, 15) is 9.59 Å². The van der Waals surface area contributed by atoms with Gasteiger partial charge in [0.1, 0.15) is 5.69 Å². The van der Waals surface area contributed by atoms with E-state index >= 15 is 0 Å². The molecule has 2 aliphatic rings. The number of halogens is 3. The number of alkyl halides is 3. The van der Waals surface area contributed by atoms with Crippen LogP contribution in [0.15, 0.2) is 47.3 Å². The predicted octanol–water partition coefficient (Wildman–Crippen LogP) is 5.60. The molecule has 11 heteroatoms. The molecule has 0 spiro atoms. The molecule has 156 valence electrons. The molecule has 1 fully saturated rings. The second-order valence-electron chi connectivity index (χ2n) is 6.64. The molecule has 1 aromatic carbocycles. The van der Waals surface area contributed by atoms with Gasteiger partial charge in [0.25, 0.3) is 3.12 Å². The van der Waals surface area contributed by atoms with Crippen molar-refractivity contribution in [1.82, 2.24) is 19.3 Å². The van der Waals surface area contributed by atoms with Crippen LogP contribution in [0.4, 0.5) is 0 Å². The molecular formula is C19H15Cl3N4O2S2. The van der Waals surface area contributed by atoms with Crippen LogP contribution in [0.3, 0.4) is 0 Å². The second kappa shape index (κ2) is 8.88. The Labute approximate surface area is 195 Å². The fraction of sp³-hybridized carbons (Fsp3) is 0.263. The molecule has 3 heterocycles. The Morgan fingerprint density at radius 2 is 1.77 bits per heavy atom. The summed E-state index contributed by atoms with van der Waals surface area (Å²) in [6.45, 7) is 0. The molecule has 0 saturated carbocycles. The number of H-pyrrole nitrogens is 1. The Hall–Kier alpha value is -1.58. The van der Waals surface area contributed by atoms with Gasteiger partial charge in [-0.05, 0) is 25.0 Å². The number of thiazole rings is 1. The smallest absolute Gasteiger partial charge is 0.256 e. The third kappa shape index (κ3) is 4.68. The van der Waals surface area contributed by atoms with Crippen LogP contribution in [0.5, 0.6) is 0 Å². The minimum Gasteiger partial charge on any atom is -0.337 e. The summed E-state index contributed by atoms with van der Waals surface area (Å²) in [6.07, 6.45) is 5.00. The van der Waals surface area contributed by atoms with Crippen LogP contribution in [0.2, 0.25) is 0 Å². The number of fused-ring (bicyclic) bond motifs is 2. The number of carbonyl (C=O) groups excluding carboxylic acids is 2. The van der Waals surface area contributed by atoms with E-state index in [1.165, 1.54) is 0 Å². The Morgan fingerprint density at radius 1 is 1.10 bits per heavy atom. The summed E-state index contributed by atoms with van der Waals surface area (Å²) in [5.74, 6) is -0.228. The first kappa shape index (κ1) is 21.6. The second-order valence-corrected chi connectivity index (χ2v) is 11.5. The van der Waals surface area contributed by atoms with Gasteiger partial charge >= 0.3 is 0 Å². The summed E-state index contributed by atoms with van der Waals surface area (Å²) in [6, 6.07) is 7.97. The van der Waals surface area contributed by atoms with Crippen LogP contribution in [0.25, 0.3) is 22.6 Å². The average Bonchev–Trinajstić information content (AvgIpc) is 3.44. The van der Waals surface area contributed by atoms with Crippen molar-refractivity contribution in [3.05, 3.63) is 47.3 Å². The lowest BCUT2D eigenvalue weighted by Crippen LogP contribution is -2.26. The molecule has 1 aliphatic carbocycles. The number of aromatic nitrogens is 3. The van der Waals surface area contributed by atoms with Crippen molar-refractivity contribution in [3.8, 4) is 11.5 Å². The summed E-state index contributed by atoms with van der Waals surface area (Å²) in [5, 5.41) is 1.98. The van der Waals surface area contributed by atoms with Gasteiger partial charge in [-0.1, -0.05) is 59.1 Å². The first-order valence-electron chi connectivity index (χ1n) is 8.95. The minimum absolute atomic E-state index is 0.254. The molecule has 2 aromatic heterocycles. The quantitative estimate of drug-likeness (QED) is 0.214. The zero-order valence-corrected chi connectivity index (χ0v) is 19.2. The number of allylic oxidation sites excluding steroid dienone is 2. The molecule has 0 radical (unpaired) electrons. The normalized spacial score (nSPS) is 21.0. The maximum Gasteiger partial charge on any atom is 0.256 e. The van der Waals surface area contributed by atoms with Gasteiger partial charge in [0.2, 0.25) is 11.8 Å². The van der Waals surface area contributed by atoms with Crippen LogP contribution in [0, 0.1) is 11.8 Å². The van der Waals surface area contributed by atoms with Gasteiger partial charge in [-0.2, -0.15) is 0 Å². The Kier molecular flexibility index (Phi) is 6.41. The van der Waals surface area contributed by atoms with E-state index in [2.05, 4.69) is 15.0 Å². The van der Waals surface area contributed by atoms with Crippen LogP contribution in [0.1, 0.15) is 12.8 Å². The number of imidazole rings is 1. The first-order valence-corrected chi connectivity index (χ1v) is 11.8. The Morgan fingerprint density at radius 3 is 2.33 bits per heavy atom. The maximum atomic E-state index is 11.9. The van der Waals surface area contributed by atoms with E-state index in [-0.39, 0.29) is 23.7 Å². The highest BCUT2D eigenvalue weighted by molar-refractivity contribution is 8.03. The van der Waals surface area contributed by atoms with Gasteiger partial charge in [-0.15, -0.1) is 11.3 Å². The maximum absolute atomic E-state index is 11.9. The summed E-state index contributed by atoms with van der Waals surface area (Å²) in [7, 11) is 0. The van der Waals surface area contributed by atoms with Crippen LogP contribution in [-0.2, 0) is 9.59 Å². The third-order valence-electron chi connectivity index (χ3n) is 4.73. The van der Waals surface area contributed by atoms with E-state index in [0.717, 1.165) is 26.9 Å². The highest BCUT2D eigenvalue weighted by Crippen LogP contribution is 2.46. The lowest BCUT2D eigenvalue weighted by molar-refractivity contribution is -0.133. The molecule has 0 bridgehead atoms. The Balaban J connectivity index is 0.000000146. The van der Waals surface area contributed by atoms with Gasteiger partial charge in [0.15, 0.2) is 5.82 Å². The monoisotopic (exact) mass is 500 g/mol. The fourth-order valence-corrected chi connectivity index (χ4v) is 5.18. The number of hydrogen-bond donors (Lipinski definition) is 1. The van der Waals surface area contributed by atoms with E-state index < -0.39 is 3.12 Å². The number of benzene rings is 1. The average molecular weight is 502 g/mol. The molecule has 3 aromatic rings. The predicted molar refractivity (Wildman–Crippen MR) is 122 cm³/mol. The molecule has 6 nitrogen and oxygen atoms in total. The number of rotatable bonds is 2. The van der Waals surface area contributed by atoms with Crippen molar-refractivity contribution in [3.63, 3.8) is 0 Å². The van der Waals surface area contributed by atoms with Crippen LogP contribution >= 0.6 is 58.1 Å². The highest BCUT2D eigenvalue weighted by atomic mass is 35.6. The Bertz CT molecular complexity index is 1040. The van der Waals surface area contributed by atoms with Gasteiger partial charge in [0.05, 0.1) is 28.4 Å². The number of imide groups is 1. The fourth-order valence-electron chi connectivity index (χ4n) is 3.37. The number of amides is 2. The summed E-state index contributed by atoms with van der Waals surface area (Å²) in [4.78, 5) is 35.7. The number of nitrogens with one attached hydrogen (secondary N) is 1. The molecule has 2 unspecified atom stereocenters. The topological polar surface area (TPSA) is 79.0 Å². The van der Waals surface area contributed by atoms with E-state index in [1.807, 2.05) is 47.3 Å². The zero-order chi connectivity index (χ0) is 21.3. The SMILES string of the molecule is O=C1C2CC=CCC2C(=O)N1SC(Cl)(Cl)Cl.c1ccc2[nH]c(-c3cscn3)nc2c1. The van der Waals surface area contributed by atoms with E-state index in [1.54, 1.807) is 11.3 Å². The van der Waals surface area contributed by atoms with Gasteiger partial charge in [-0.25, -0.2) is 14.3 Å². The van der Waals surface area contributed by atoms with Crippen molar-refractivity contribution in [1.29, 1.82) is 0 Å². The number of nitrogens with zero attached hydrogens (tertiary/aromatic N) is 3. The molecule has 5 rings (SSSR count). The first-order chi connectivity index (χ1) is 14.3. The van der Waals surface area contributed by atoms with Crippen LogP contribution in [-0.4, -0.2) is 34.2 Å². The summed E-state index contributed by atoms with van der Waals surface area (Å²) in [5.41, 5.74) is 4.75. The lowest BCUT2D eigenvalue weighted by atomic mass is 9.85. The minimum atomic E-state index is -1.69. The van der Waals surface area contributed by atoms with Crippen molar-refractivity contribution in [2.75, 3.05) is 0 Å². The summed E-state index contributed by atoms with van der Waals surface area (Å²) >= 11 is 18.9. The third-order valence-corrected chi connectivity index (χ3v) is 6.68.